The van der Waals surface area contributed by atoms with Crippen molar-refractivity contribution in [1.82, 2.24) is 0 Å². The first-order valence-electron chi connectivity index (χ1n) is 19.0. The highest BCUT2D eigenvalue weighted by Crippen LogP contribution is 2.45. The first kappa shape index (κ1) is 41.3. The molecule has 0 aliphatic heterocycles. The van der Waals surface area contributed by atoms with Crippen molar-refractivity contribution >= 4 is 47.8 Å². The number of hydrogen-bond donors (Lipinski definition) is 0. The quantitative estimate of drug-likeness (QED) is 0.0520. The molecule has 0 aliphatic carbocycles. The zero-order valence-corrected chi connectivity index (χ0v) is 35.6. The smallest absolute Gasteiger partial charge is 0.183 e. The van der Waals surface area contributed by atoms with Crippen LogP contribution in [0.3, 0.4) is 0 Å². The molecule has 0 aliphatic rings. The predicted molar refractivity (Wildman–Crippen MR) is 216 cm³/mol. The van der Waals surface area contributed by atoms with E-state index in [4.69, 9.17) is 14.2 Å². The van der Waals surface area contributed by atoms with Gasteiger partial charge in [-0.2, -0.15) is 13.7 Å². The largest absolute Gasteiger partial charge is 0.492 e. The summed E-state index contributed by atoms with van der Waals surface area (Å²) in [7, 11) is 0. The van der Waals surface area contributed by atoms with Crippen LogP contribution in [0.4, 0.5) is 0 Å². The lowest BCUT2D eigenvalue weighted by Crippen LogP contribution is -2.38. The van der Waals surface area contributed by atoms with Gasteiger partial charge in [0.25, 0.3) is 0 Å². The van der Waals surface area contributed by atoms with Crippen LogP contribution in [0.1, 0.15) is 115 Å². The van der Waals surface area contributed by atoms with Crippen molar-refractivity contribution in [3.05, 3.63) is 104 Å². The minimum atomic E-state index is 0.594. The number of pyridine rings is 3. The molecule has 276 valence electrons. The average Bonchev–Trinajstić information content (AvgIpc) is 3.11. The Morgan fingerprint density at radius 2 is 0.725 bits per heavy atom. The van der Waals surface area contributed by atoms with Crippen LogP contribution in [0.25, 0.3) is 0 Å². The maximum absolute atomic E-state index is 6.99. The van der Waals surface area contributed by atoms with Gasteiger partial charge in [-0.25, -0.2) is 0 Å². The second-order valence-corrected chi connectivity index (χ2v) is 16.0. The van der Waals surface area contributed by atoms with Crippen LogP contribution in [-0.2, 0) is 19.6 Å². The van der Waals surface area contributed by atoms with Crippen molar-refractivity contribution in [2.75, 3.05) is 19.8 Å². The molecular weight excluding hydrogens is 834 g/mol. The van der Waals surface area contributed by atoms with Crippen LogP contribution in [0.15, 0.2) is 87.0 Å². The number of nitrogens with zero attached hydrogens (tertiary/aromatic N) is 3. The van der Waals surface area contributed by atoms with Crippen LogP contribution in [0.2, 0.25) is 0 Å². The molecule has 0 N–H and O–H groups in total. The number of aromatic nitrogens is 3. The van der Waals surface area contributed by atoms with Gasteiger partial charge in [0.15, 0.2) is 56.8 Å². The van der Waals surface area contributed by atoms with Gasteiger partial charge in [0, 0.05) is 18.2 Å². The summed E-state index contributed by atoms with van der Waals surface area (Å²) < 4.78 is 30.7. The van der Waals surface area contributed by atoms with Crippen molar-refractivity contribution in [2.45, 2.75) is 117 Å². The molecule has 0 atom stereocenters. The summed E-state index contributed by atoms with van der Waals surface area (Å²) >= 11 is 11.1. The van der Waals surface area contributed by atoms with Crippen LogP contribution >= 0.6 is 47.8 Å². The van der Waals surface area contributed by atoms with E-state index in [-0.39, 0.29) is 0 Å². The summed E-state index contributed by atoms with van der Waals surface area (Å²) in [5.74, 6) is 2.63. The lowest BCUT2D eigenvalue weighted by Gasteiger charge is -2.24. The van der Waals surface area contributed by atoms with E-state index in [9.17, 15) is 0 Å². The van der Waals surface area contributed by atoms with Gasteiger partial charge in [0.05, 0.1) is 33.2 Å². The number of hydrogen-bond acceptors (Lipinski definition) is 3. The summed E-state index contributed by atoms with van der Waals surface area (Å²) in [5, 5.41) is 0. The Bertz CT molecular complexity index is 1420. The highest BCUT2D eigenvalue weighted by molar-refractivity contribution is 9.11. The molecule has 0 saturated heterocycles. The van der Waals surface area contributed by atoms with E-state index >= 15 is 0 Å². The Hall–Kier alpha value is -2.49. The number of unbranched alkanes of at least 4 members (excludes halogenated alkanes) is 9. The highest BCUT2D eigenvalue weighted by atomic mass is 79.9. The Kier molecular flexibility index (Phi) is 18.8. The fraction of sp³-hybridized carbons (Fsp3) is 0.500. The molecule has 51 heavy (non-hydrogen) atoms. The molecule has 0 bridgehead atoms. The van der Waals surface area contributed by atoms with E-state index in [2.05, 4.69) is 156 Å². The minimum absolute atomic E-state index is 0.594. The molecule has 0 fully saturated rings. The third-order valence-corrected chi connectivity index (χ3v) is 10.3. The van der Waals surface area contributed by atoms with E-state index in [0.29, 0.717) is 39.5 Å². The lowest BCUT2D eigenvalue weighted by atomic mass is 9.98. The van der Waals surface area contributed by atoms with Gasteiger partial charge < -0.3 is 14.2 Å². The fourth-order valence-corrected chi connectivity index (χ4v) is 7.48. The Balaban J connectivity index is 1.99. The second-order valence-electron chi connectivity index (χ2n) is 13.2. The molecular formula is C42H57Br3N3O3+3. The second kappa shape index (κ2) is 23.2. The maximum Gasteiger partial charge on any atom is 0.183 e. The van der Waals surface area contributed by atoms with Crippen LogP contribution in [0, 0.1) is 0 Å². The van der Waals surface area contributed by atoms with Crippen molar-refractivity contribution in [3.63, 3.8) is 0 Å². The van der Waals surface area contributed by atoms with E-state index < -0.39 is 0 Å². The van der Waals surface area contributed by atoms with Gasteiger partial charge in [0.2, 0.25) is 0 Å². The summed E-state index contributed by atoms with van der Waals surface area (Å²) in [6, 6.07) is 12.4. The maximum atomic E-state index is 6.99. The molecule has 0 saturated carbocycles. The Morgan fingerprint density at radius 1 is 0.431 bits per heavy atom. The third kappa shape index (κ3) is 13.8. The van der Waals surface area contributed by atoms with Crippen LogP contribution < -0.4 is 27.9 Å². The van der Waals surface area contributed by atoms with Gasteiger partial charge in [0.1, 0.15) is 33.9 Å². The molecule has 1 aromatic carbocycles. The molecule has 0 radical (unpaired) electrons. The summed E-state index contributed by atoms with van der Waals surface area (Å²) in [6.07, 6.45) is 26.3. The first-order valence-corrected chi connectivity index (χ1v) is 21.3. The number of benzene rings is 1. The van der Waals surface area contributed by atoms with Gasteiger partial charge >= 0.3 is 0 Å². The standard InChI is InChI=1S/C42H57Br3N3O3/c1-4-7-10-13-25-49-40-37(31-46-22-16-19-34(43)28-46)41(50-26-14-11-8-5-2)39(33-48-24-18-21-36(45)30-48)42(51-27-15-12-9-6-3)38(40)32-47-23-17-20-35(44)29-47/h16-24,28-30H,4-15,25-27,31-33H2,1-3H3/q+3. The number of rotatable bonds is 24. The van der Waals surface area contributed by atoms with E-state index in [1.54, 1.807) is 0 Å². The van der Waals surface area contributed by atoms with Crippen molar-refractivity contribution in [3.8, 4) is 17.2 Å². The van der Waals surface area contributed by atoms with Crippen molar-refractivity contribution in [2.24, 2.45) is 0 Å². The van der Waals surface area contributed by atoms with Crippen LogP contribution in [0.5, 0.6) is 17.2 Å². The first-order chi connectivity index (χ1) is 24.9. The van der Waals surface area contributed by atoms with Crippen LogP contribution in [-0.4, -0.2) is 19.8 Å². The Morgan fingerprint density at radius 3 is 0.980 bits per heavy atom. The molecule has 3 aromatic heterocycles. The monoisotopic (exact) mass is 888 g/mol. The van der Waals surface area contributed by atoms with Gasteiger partial charge in [-0.1, -0.05) is 78.6 Å². The fourth-order valence-electron chi connectivity index (χ4n) is 6.23. The molecule has 6 nitrogen and oxygen atoms in total. The number of ether oxygens (including phenoxy) is 3. The molecule has 4 rings (SSSR count). The molecule has 0 spiro atoms. The third-order valence-electron chi connectivity index (χ3n) is 8.87. The summed E-state index contributed by atoms with van der Waals surface area (Å²) in [5.41, 5.74) is 3.16. The molecule has 3 heterocycles. The zero-order chi connectivity index (χ0) is 36.3. The topological polar surface area (TPSA) is 39.3 Å². The molecule has 4 aromatic rings. The molecule has 0 unspecified atom stereocenters. The van der Waals surface area contributed by atoms with E-state index in [0.717, 1.165) is 85.9 Å². The number of halogens is 3. The normalized spacial score (nSPS) is 11.2. The highest BCUT2D eigenvalue weighted by Gasteiger charge is 2.33. The van der Waals surface area contributed by atoms with E-state index in [1.165, 1.54) is 38.5 Å². The zero-order valence-electron chi connectivity index (χ0n) is 30.9. The van der Waals surface area contributed by atoms with E-state index in [1.807, 2.05) is 0 Å². The van der Waals surface area contributed by atoms with Gasteiger partial charge in [-0.3, -0.25) is 0 Å². The Labute approximate surface area is 331 Å². The van der Waals surface area contributed by atoms with Crippen molar-refractivity contribution in [1.29, 1.82) is 0 Å². The lowest BCUT2D eigenvalue weighted by molar-refractivity contribution is -0.691. The summed E-state index contributed by atoms with van der Waals surface area (Å²) in [4.78, 5) is 0. The van der Waals surface area contributed by atoms with Crippen molar-refractivity contribution < 1.29 is 27.9 Å². The molecule has 0 amide bonds. The van der Waals surface area contributed by atoms with Gasteiger partial charge in [-0.15, -0.1) is 0 Å². The molecule has 9 heteroatoms. The average molecular weight is 892 g/mol. The minimum Gasteiger partial charge on any atom is -0.492 e. The SMILES string of the molecule is CCCCCCOc1c(C[n+]2cccc(Br)c2)c(OCCCCCC)c(C[n+]2cccc(Br)c2)c(OCCCCCC)c1C[n+]1cccc(Br)c1. The predicted octanol–water partition coefficient (Wildman–Crippen LogP) is 10.9. The van der Waals surface area contributed by atoms with Gasteiger partial charge in [-0.05, 0) is 85.3 Å². The summed E-state index contributed by atoms with van der Waals surface area (Å²) in [6.45, 7) is 10.4.